The van der Waals surface area contributed by atoms with Crippen molar-refractivity contribution in [1.82, 2.24) is 4.98 Å². The molecule has 4 nitrogen and oxygen atoms in total. The number of carbonyl (C=O) groups is 1. The lowest BCUT2D eigenvalue weighted by Gasteiger charge is -2.18. The smallest absolute Gasteiger partial charge is 0.171 e. The van der Waals surface area contributed by atoms with Gasteiger partial charge >= 0.3 is 0 Å². The van der Waals surface area contributed by atoms with E-state index in [4.69, 9.17) is 11.5 Å². The van der Waals surface area contributed by atoms with E-state index in [1.54, 1.807) is 12.3 Å². The van der Waals surface area contributed by atoms with Crippen molar-refractivity contribution in [2.45, 2.75) is 20.8 Å². The van der Waals surface area contributed by atoms with Crippen molar-refractivity contribution in [3.05, 3.63) is 23.4 Å². The van der Waals surface area contributed by atoms with Crippen molar-refractivity contribution in [3.8, 4) is 0 Å². The van der Waals surface area contributed by atoms with E-state index in [1.165, 1.54) is 0 Å². The summed E-state index contributed by atoms with van der Waals surface area (Å²) in [5.41, 5.74) is 12.7. The summed E-state index contributed by atoms with van der Waals surface area (Å²) < 4.78 is 0. The van der Waals surface area contributed by atoms with E-state index in [-0.39, 0.29) is 23.4 Å². The molecule has 0 saturated carbocycles. The number of nitrogen functional groups attached to an aromatic ring is 1. The molecule has 0 bridgehead atoms. The standard InChI is InChI=1S/C12H19N3O/c1-7(2)10(5-13)11(16)9-4-8(3)6-15-12(9)14/h4,6-7,10H,5,13H2,1-3H3,(H2,14,15). The van der Waals surface area contributed by atoms with Gasteiger partial charge in [-0.3, -0.25) is 4.79 Å². The predicted octanol–water partition coefficient (Wildman–Crippen LogP) is 1.39. The molecule has 0 saturated heterocycles. The van der Waals surface area contributed by atoms with E-state index in [9.17, 15) is 4.79 Å². The van der Waals surface area contributed by atoms with E-state index in [0.717, 1.165) is 5.56 Å². The van der Waals surface area contributed by atoms with Gasteiger partial charge in [-0.25, -0.2) is 4.98 Å². The van der Waals surface area contributed by atoms with Crippen LogP contribution in [0.25, 0.3) is 0 Å². The van der Waals surface area contributed by atoms with E-state index in [2.05, 4.69) is 4.98 Å². The fraction of sp³-hybridized carbons (Fsp3) is 0.500. The first-order valence-electron chi connectivity index (χ1n) is 5.43. The molecule has 0 fully saturated rings. The van der Waals surface area contributed by atoms with E-state index in [0.29, 0.717) is 12.1 Å². The monoisotopic (exact) mass is 221 g/mol. The first-order chi connectivity index (χ1) is 7.47. The summed E-state index contributed by atoms with van der Waals surface area (Å²) in [6.07, 6.45) is 1.65. The van der Waals surface area contributed by atoms with Crippen molar-refractivity contribution in [1.29, 1.82) is 0 Å². The Morgan fingerprint density at radius 2 is 2.12 bits per heavy atom. The van der Waals surface area contributed by atoms with Gasteiger partial charge in [-0.15, -0.1) is 0 Å². The number of hydrogen-bond donors (Lipinski definition) is 2. The van der Waals surface area contributed by atoms with Crippen LogP contribution in [-0.4, -0.2) is 17.3 Å². The second-order valence-electron chi connectivity index (χ2n) is 4.40. The number of ketones is 1. The molecule has 1 aromatic heterocycles. The highest BCUT2D eigenvalue weighted by molar-refractivity contribution is 6.01. The van der Waals surface area contributed by atoms with Crippen molar-refractivity contribution < 1.29 is 4.79 Å². The molecule has 4 heteroatoms. The molecule has 88 valence electrons. The van der Waals surface area contributed by atoms with Gasteiger partial charge in [0.05, 0.1) is 5.56 Å². The highest BCUT2D eigenvalue weighted by Crippen LogP contribution is 2.20. The Kier molecular flexibility index (Phi) is 4.01. The number of pyridine rings is 1. The molecule has 16 heavy (non-hydrogen) atoms. The zero-order valence-electron chi connectivity index (χ0n) is 10.0. The minimum absolute atomic E-state index is 0.00815. The molecule has 1 heterocycles. The Hall–Kier alpha value is -1.42. The summed E-state index contributed by atoms with van der Waals surface area (Å²) in [5, 5.41) is 0. The average Bonchev–Trinajstić information content (AvgIpc) is 2.22. The molecule has 0 aliphatic rings. The minimum Gasteiger partial charge on any atom is -0.383 e. The van der Waals surface area contributed by atoms with Gasteiger partial charge in [0.15, 0.2) is 5.78 Å². The number of nitrogens with two attached hydrogens (primary N) is 2. The molecule has 0 spiro atoms. The normalized spacial score (nSPS) is 12.8. The maximum Gasteiger partial charge on any atom is 0.171 e. The van der Waals surface area contributed by atoms with Gasteiger partial charge < -0.3 is 11.5 Å². The maximum absolute atomic E-state index is 12.2. The molecule has 0 aromatic carbocycles. The Labute approximate surface area is 96.0 Å². The minimum atomic E-state index is -0.189. The molecule has 1 rings (SSSR count). The number of aryl methyl sites for hydroxylation is 1. The van der Waals surface area contributed by atoms with Crippen molar-refractivity contribution >= 4 is 11.6 Å². The van der Waals surface area contributed by atoms with Crippen molar-refractivity contribution in [3.63, 3.8) is 0 Å². The third kappa shape index (κ3) is 2.58. The summed E-state index contributed by atoms with van der Waals surface area (Å²) in [6.45, 7) is 6.18. The van der Waals surface area contributed by atoms with Crippen molar-refractivity contribution in [2.75, 3.05) is 12.3 Å². The Morgan fingerprint density at radius 3 is 2.62 bits per heavy atom. The van der Waals surface area contributed by atoms with Crippen LogP contribution in [0.4, 0.5) is 5.82 Å². The highest BCUT2D eigenvalue weighted by atomic mass is 16.1. The molecule has 0 aliphatic carbocycles. The summed E-state index contributed by atoms with van der Waals surface area (Å²) in [7, 11) is 0. The number of Topliss-reactive ketones (excluding diaryl/α,β-unsaturated/α-hetero) is 1. The molecular formula is C12H19N3O. The molecule has 1 unspecified atom stereocenters. The topological polar surface area (TPSA) is 82.0 Å². The summed E-state index contributed by atoms with van der Waals surface area (Å²) in [4.78, 5) is 16.2. The van der Waals surface area contributed by atoms with E-state index >= 15 is 0 Å². The predicted molar refractivity (Wildman–Crippen MR) is 65.1 cm³/mol. The van der Waals surface area contributed by atoms with E-state index < -0.39 is 0 Å². The second-order valence-corrected chi connectivity index (χ2v) is 4.40. The number of carbonyl (C=O) groups excluding carboxylic acids is 1. The van der Waals surface area contributed by atoms with Gasteiger partial charge in [-0.05, 0) is 24.5 Å². The van der Waals surface area contributed by atoms with Gasteiger partial charge in [0, 0.05) is 18.7 Å². The Bertz CT molecular complexity index is 388. The average molecular weight is 221 g/mol. The van der Waals surface area contributed by atoms with Crippen LogP contribution in [0.5, 0.6) is 0 Å². The fourth-order valence-corrected chi connectivity index (χ4v) is 1.66. The zero-order chi connectivity index (χ0) is 12.3. The Morgan fingerprint density at radius 1 is 1.50 bits per heavy atom. The molecule has 1 aromatic rings. The van der Waals surface area contributed by atoms with Crippen LogP contribution in [-0.2, 0) is 0 Å². The van der Waals surface area contributed by atoms with E-state index in [1.807, 2.05) is 20.8 Å². The number of rotatable bonds is 4. The molecule has 0 aliphatic heterocycles. The lowest BCUT2D eigenvalue weighted by Crippen LogP contribution is -2.29. The number of anilines is 1. The summed E-state index contributed by atoms with van der Waals surface area (Å²) in [6, 6.07) is 1.77. The molecule has 1 atom stereocenters. The van der Waals surface area contributed by atoms with Crippen LogP contribution >= 0.6 is 0 Å². The third-order valence-electron chi connectivity index (χ3n) is 2.72. The summed E-state index contributed by atoms with van der Waals surface area (Å²) in [5.74, 6) is 0.296. The molecule has 0 radical (unpaired) electrons. The van der Waals surface area contributed by atoms with Crippen molar-refractivity contribution in [2.24, 2.45) is 17.6 Å². The van der Waals surface area contributed by atoms with Crippen LogP contribution in [0, 0.1) is 18.8 Å². The quantitative estimate of drug-likeness (QED) is 0.753. The van der Waals surface area contributed by atoms with Crippen LogP contribution < -0.4 is 11.5 Å². The van der Waals surface area contributed by atoms with Crippen LogP contribution in [0.2, 0.25) is 0 Å². The number of hydrogen-bond acceptors (Lipinski definition) is 4. The molecule has 4 N–H and O–H groups in total. The van der Waals surface area contributed by atoms with Crippen LogP contribution in [0.1, 0.15) is 29.8 Å². The molecular weight excluding hydrogens is 202 g/mol. The first-order valence-corrected chi connectivity index (χ1v) is 5.43. The summed E-state index contributed by atoms with van der Waals surface area (Å²) >= 11 is 0. The number of aromatic nitrogens is 1. The second kappa shape index (κ2) is 5.07. The highest BCUT2D eigenvalue weighted by Gasteiger charge is 2.24. The maximum atomic E-state index is 12.2. The SMILES string of the molecule is Cc1cnc(N)c(C(=O)C(CN)C(C)C)c1. The van der Waals surface area contributed by atoms with Crippen LogP contribution in [0.15, 0.2) is 12.3 Å². The lowest BCUT2D eigenvalue weighted by molar-refractivity contribution is 0.0892. The lowest BCUT2D eigenvalue weighted by atomic mass is 9.88. The van der Waals surface area contributed by atoms with Gasteiger partial charge in [0.2, 0.25) is 0 Å². The Balaban J connectivity index is 3.08. The first kappa shape index (κ1) is 12.6. The van der Waals surface area contributed by atoms with Gasteiger partial charge in [0.25, 0.3) is 0 Å². The third-order valence-corrected chi connectivity index (χ3v) is 2.72. The van der Waals surface area contributed by atoms with Gasteiger partial charge in [-0.2, -0.15) is 0 Å². The van der Waals surface area contributed by atoms with Gasteiger partial charge in [0.1, 0.15) is 5.82 Å². The van der Waals surface area contributed by atoms with Crippen LogP contribution in [0.3, 0.4) is 0 Å². The molecule has 0 amide bonds. The number of nitrogens with zero attached hydrogens (tertiary/aromatic N) is 1. The van der Waals surface area contributed by atoms with Gasteiger partial charge in [-0.1, -0.05) is 13.8 Å². The largest absolute Gasteiger partial charge is 0.383 e. The fourth-order valence-electron chi connectivity index (χ4n) is 1.66. The zero-order valence-corrected chi connectivity index (χ0v) is 10.0.